The van der Waals surface area contributed by atoms with Crippen molar-refractivity contribution in [3.8, 4) is 0 Å². The van der Waals surface area contributed by atoms with Gasteiger partial charge in [0.05, 0.1) is 18.3 Å². The highest BCUT2D eigenvalue weighted by atomic mass is 16.6. The highest BCUT2D eigenvalue weighted by molar-refractivity contribution is 5.89. The van der Waals surface area contributed by atoms with E-state index in [-0.39, 0.29) is 18.2 Å². The van der Waals surface area contributed by atoms with E-state index in [2.05, 4.69) is 6.92 Å². The molecular weight excluding hydrogens is 306 g/mol. The zero-order valence-electron chi connectivity index (χ0n) is 15.2. The molecule has 1 rings (SSSR count). The van der Waals surface area contributed by atoms with E-state index in [1.807, 2.05) is 31.2 Å². The molecule has 5 heteroatoms. The van der Waals surface area contributed by atoms with Gasteiger partial charge in [-0.2, -0.15) is 0 Å². The molecule has 1 aromatic rings. The Kier molecular flexibility index (Phi) is 8.90. The van der Waals surface area contributed by atoms with Crippen LogP contribution in [0.3, 0.4) is 0 Å². The lowest BCUT2D eigenvalue weighted by Gasteiger charge is -2.18. The van der Waals surface area contributed by atoms with E-state index < -0.39 is 0 Å². The number of aryl methyl sites for hydroxylation is 1. The Hall–Kier alpha value is -2.04. The van der Waals surface area contributed by atoms with Crippen LogP contribution < -0.4 is 0 Å². The van der Waals surface area contributed by atoms with Crippen LogP contribution in [-0.2, 0) is 15.9 Å². The highest BCUT2D eigenvalue weighted by Crippen LogP contribution is 2.11. The number of ether oxygens (including phenoxy) is 2. The third-order valence-electron chi connectivity index (χ3n) is 3.72. The van der Waals surface area contributed by atoms with Gasteiger partial charge in [0.25, 0.3) is 0 Å². The fourth-order valence-electron chi connectivity index (χ4n) is 2.35. The third-order valence-corrected chi connectivity index (χ3v) is 3.72. The van der Waals surface area contributed by atoms with Gasteiger partial charge in [-0.05, 0) is 50.8 Å². The Morgan fingerprint density at radius 3 is 2.42 bits per heavy atom. The normalized spacial score (nSPS) is 11.7. The fraction of sp³-hybridized carbons (Fsp3) is 0.579. The maximum Gasteiger partial charge on any atom is 0.409 e. The number of carbonyl (C=O) groups excluding carboxylic acids is 2. The maximum atomic E-state index is 12.1. The van der Waals surface area contributed by atoms with Crippen molar-refractivity contribution in [2.24, 2.45) is 0 Å². The zero-order valence-corrected chi connectivity index (χ0v) is 15.2. The molecule has 0 bridgehead atoms. The Labute approximate surface area is 144 Å². The summed E-state index contributed by atoms with van der Waals surface area (Å²) in [7, 11) is 1.70. The first-order chi connectivity index (χ1) is 11.5. The average Bonchev–Trinajstić information content (AvgIpc) is 2.55. The number of hydrogen-bond donors (Lipinski definition) is 0. The summed E-state index contributed by atoms with van der Waals surface area (Å²) < 4.78 is 10.4. The summed E-state index contributed by atoms with van der Waals surface area (Å²) >= 11 is 0. The van der Waals surface area contributed by atoms with Gasteiger partial charge in [-0.25, -0.2) is 9.59 Å². The van der Waals surface area contributed by atoms with Gasteiger partial charge >= 0.3 is 12.1 Å². The zero-order chi connectivity index (χ0) is 17.9. The van der Waals surface area contributed by atoms with Crippen LogP contribution in [0.25, 0.3) is 0 Å². The molecule has 0 spiro atoms. The molecule has 5 nitrogen and oxygen atoms in total. The van der Waals surface area contributed by atoms with Gasteiger partial charge in [0.2, 0.25) is 0 Å². The van der Waals surface area contributed by atoms with Crippen molar-refractivity contribution in [1.82, 2.24) is 4.90 Å². The van der Waals surface area contributed by atoms with E-state index in [1.165, 1.54) is 10.5 Å². The number of hydrogen-bond acceptors (Lipinski definition) is 4. The summed E-state index contributed by atoms with van der Waals surface area (Å²) in [5, 5.41) is 0. The number of amides is 1. The van der Waals surface area contributed by atoms with Crippen LogP contribution in [-0.4, -0.2) is 43.3 Å². The molecule has 0 aliphatic heterocycles. The first-order valence-corrected chi connectivity index (χ1v) is 8.65. The van der Waals surface area contributed by atoms with Gasteiger partial charge in [-0.1, -0.05) is 25.5 Å². The lowest BCUT2D eigenvalue weighted by molar-refractivity contribution is 0.0314. The van der Waals surface area contributed by atoms with Crippen molar-refractivity contribution >= 4 is 12.1 Å². The lowest BCUT2D eigenvalue weighted by atomic mass is 10.1. The predicted molar refractivity (Wildman–Crippen MR) is 94.2 cm³/mol. The standard InChI is InChI=1S/C19H29NO4/c1-5-8-16-10-12-17(13-11-16)18(21)24-15(3)9-7-14-20(4)19(22)23-6-2/h10-13,15H,5-9,14H2,1-4H3. The van der Waals surface area contributed by atoms with Gasteiger partial charge in [0.1, 0.15) is 0 Å². The smallest absolute Gasteiger partial charge is 0.409 e. The first-order valence-electron chi connectivity index (χ1n) is 8.65. The van der Waals surface area contributed by atoms with Crippen molar-refractivity contribution < 1.29 is 19.1 Å². The molecule has 0 aliphatic carbocycles. The summed E-state index contributed by atoms with van der Waals surface area (Å²) in [5.41, 5.74) is 1.80. The molecule has 1 atom stereocenters. The topological polar surface area (TPSA) is 55.8 Å². The van der Waals surface area contributed by atoms with Crippen molar-refractivity contribution in [1.29, 1.82) is 0 Å². The molecule has 0 saturated heterocycles. The van der Waals surface area contributed by atoms with Crippen molar-refractivity contribution in [3.63, 3.8) is 0 Å². The molecule has 24 heavy (non-hydrogen) atoms. The largest absolute Gasteiger partial charge is 0.459 e. The van der Waals surface area contributed by atoms with E-state index in [0.717, 1.165) is 19.3 Å². The van der Waals surface area contributed by atoms with Crippen molar-refractivity contribution in [2.75, 3.05) is 20.2 Å². The van der Waals surface area contributed by atoms with Crippen LogP contribution in [0.4, 0.5) is 4.79 Å². The predicted octanol–water partition coefficient (Wildman–Crippen LogP) is 4.05. The molecule has 0 N–H and O–H groups in total. The van der Waals surface area contributed by atoms with Crippen LogP contribution >= 0.6 is 0 Å². The van der Waals surface area contributed by atoms with Crippen molar-refractivity contribution in [3.05, 3.63) is 35.4 Å². The van der Waals surface area contributed by atoms with Gasteiger partial charge in [0.15, 0.2) is 0 Å². The molecule has 1 amide bonds. The van der Waals surface area contributed by atoms with E-state index in [4.69, 9.17) is 9.47 Å². The Morgan fingerprint density at radius 2 is 1.83 bits per heavy atom. The lowest BCUT2D eigenvalue weighted by Crippen LogP contribution is -2.29. The Morgan fingerprint density at radius 1 is 1.17 bits per heavy atom. The molecular formula is C19H29NO4. The van der Waals surface area contributed by atoms with E-state index in [0.29, 0.717) is 25.1 Å². The Bertz CT molecular complexity index is 513. The minimum absolute atomic E-state index is 0.191. The molecule has 0 aromatic heterocycles. The number of esters is 1. The van der Waals surface area contributed by atoms with Gasteiger partial charge in [-0.15, -0.1) is 0 Å². The Balaban J connectivity index is 2.34. The van der Waals surface area contributed by atoms with E-state index >= 15 is 0 Å². The monoisotopic (exact) mass is 335 g/mol. The van der Waals surface area contributed by atoms with Crippen LogP contribution in [0.5, 0.6) is 0 Å². The SMILES string of the molecule is CCCc1ccc(C(=O)OC(C)CCCN(C)C(=O)OCC)cc1. The average molecular weight is 335 g/mol. The van der Waals surface area contributed by atoms with Crippen LogP contribution in [0.15, 0.2) is 24.3 Å². The number of benzene rings is 1. The molecule has 0 saturated carbocycles. The summed E-state index contributed by atoms with van der Waals surface area (Å²) in [6, 6.07) is 7.57. The summed E-state index contributed by atoms with van der Waals surface area (Å²) in [6.45, 7) is 6.72. The minimum Gasteiger partial charge on any atom is -0.459 e. The second-order valence-electron chi connectivity index (χ2n) is 5.93. The minimum atomic E-state index is -0.325. The van der Waals surface area contributed by atoms with Crippen LogP contribution in [0.2, 0.25) is 0 Å². The summed E-state index contributed by atoms with van der Waals surface area (Å²) in [4.78, 5) is 25.1. The molecule has 0 heterocycles. The highest BCUT2D eigenvalue weighted by Gasteiger charge is 2.13. The van der Waals surface area contributed by atoms with Crippen LogP contribution in [0, 0.1) is 0 Å². The van der Waals surface area contributed by atoms with Gasteiger partial charge in [-0.3, -0.25) is 0 Å². The fourth-order valence-corrected chi connectivity index (χ4v) is 2.35. The van der Waals surface area contributed by atoms with E-state index in [9.17, 15) is 9.59 Å². The number of carbonyl (C=O) groups is 2. The maximum absolute atomic E-state index is 12.1. The second kappa shape index (κ2) is 10.7. The number of rotatable bonds is 9. The van der Waals surface area contributed by atoms with Crippen LogP contribution in [0.1, 0.15) is 56.0 Å². The van der Waals surface area contributed by atoms with Gasteiger partial charge in [0, 0.05) is 13.6 Å². The molecule has 0 aliphatic rings. The summed E-state index contributed by atoms with van der Waals surface area (Å²) in [5.74, 6) is -0.302. The molecule has 1 unspecified atom stereocenters. The molecule has 0 radical (unpaired) electrons. The first kappa shape index (κ1) is 20.0. The van der Waals surface area contributed by atoms with Gasteiger partial charge < -0.3 is 14.4 Å². The van der Waals surface area contributed by atoms with Crippen molar-refractivity contribution in [2.45, 2.75) is 52.6 Å². The molecule has 1 aromatic carbocycles. The quantitative estimate of drug-likeness (QED) is 0.639. The molecule has 0 fully saturated rings. The molecule has 134 valence electrons. The second-order valence-corrected chi connectivity index (χ2v) is 5.93. The van der Waals surface area contributed by atoms with E-state index in [1.54, 1.807) is 14.0 Å². The number of nitrogens with zero attached hydrogens (tertiary/aromatic N) is 1. The third kappa shape index (κ3) is 7.02. The summed E-state index contributed by atoms with van der Waals surface area (Å²) in [6.07, 6.45) is 3.03.